The van der Waals surface area contributed by atoms with Gasteiger partial charge >= 0.3 is 0 Å². The molecule has 1 heterocycles. The van der Waals surface area contributed by atoms with Gasteiger partial charge in [-0.25, -0.2) is 0 Å². The van der Waals surface area contributed by atoms with Gasteiger partial charge in [-0.15, -0.1) is 0 Å². The van der Waals surface area contributed by atoms with Gasteiger partial charge in [-0.3, -0.25) is 14.6 Å². The lowest BCUT2D eigenvalue weighted by Crippen LogP contribution is -2.49. The number of anilines is 1. The molecule has 1 aliphatic heterocycles. The van der Waals surface area contributed by atoms with Gasteiger partial charge in [0.2, 0.25) is 5.91 Å². The van der Waals surface area contributed by atoms with E-state index < -0.39 is 0 Å². The summed E-state index contributed by atoms with van der Waals surface area (Å²) in [5.74, 6) is 0.662. The highest BCUT2D eigenvalue weighted by Crippen LogP contribution is 2.26. The van der Waals surface area contributed by atoms with Crippen molar-refractivity contribution in [3.63, 3.8) is 0 Å². The zero-order chi connectivity index (χ0) is 23.0. The Morgan fingerprint density at radius 3 is 2.39 bits per heavy atom. The normalized spacial score (nSPS) is 15.4. The van der Waals surface area contributed by atoms with Gasteiger partial charge < -0.3 is 10.1 Å². The fourth-order valence-electron chi connectivity index (χ4n) is 4.20. The third-order valence-electron chi connectivity index (χ3n) is 5.96. The van der Waals surface area contributed by atoms with E-state index in [1.807, 2.05) is 78.9 Å². The van der Waals surface area contributed by atoms with Gasteiger partial charge in [0.1, 0.15) is 11.8 Å². The number of ether oxygens (including phenoxy) is 1. The second-order valence-electron chi connectivity index (χ2n) is 8.16. The van der Waals surface area contributed by atoms with Gasteiger partial charge in [0.05, 0.1) is 18.7 Å². The standard InChI is InChI=1S/C27H28N4O2/c1-33-25-9-5-8-24(18-25)29-27(32)26(23-6-3-2-4-7-23)31-16-14-30(15-17-31)20-22-12-10-21(19-28)11-13-22/h2-13,18,26H,14-17,20H2,1H3,(H,29,32)/t26-/m1/s1. The molecule has 0 unspecified atom stereocenters. The number of amides is 1. The number of nitrogens with one attached hydrogen (secondary N) is 1. The van der Waals surface area contributed by atoms with Crippen LogP contribution in [0, 0.1) is 11.3 Å². The summed E-state index contributed by atoms with van der Waals surface area (Å²) in [6.45, 7) is 4.17. The number of nitrogens with zero attached hydrogens (tertiary/aromatic N) is 3. The van der Waals surface area contributed by atoms with Gasteiger partial charge in [0, 0.05) is 44.5 Å². The first-order chi connectivity index (χ1) is 16.2. The minimum Gasteiger partial charge on any atom is -0.497 e. The Hall–Kier alpha value is -3.66. The number of nitriles is 1. The molecule has 1 N–H and O–H groups in total. The maximum absolute atomic E-state index is 13.4. The van der Waals surface area contributed by atoms with Crippen molar-refractivity contribution in [2.24, 2.45) is 0 Å². The molecule has 1 amide bonds. The maximum Gasteiger partial charge on any atom is 0.246 e. The average Bonchev–Trinajstić information content (AvgIpc) is 2.86. The smallest absolute Gasteiger partial charge is 0.246 e. The third-order valence-corrected chi connectivity index (χ3v) is 5.96. The summed E-state index contributed by atoms with van der Waals surface area (Å²) < 4.78 is 5.29. The summed E-state index contributed by atoms with van der Waals surface area (Å²) in [5, 5.41) is 12.1. The van der Waals surface area contributed by atoms with Crippen molar-refractivity contribution in [1.82, 2.24) is 9.80 Å². The number of hydrogen-bond acceptors (Lipinski definition) is 5. The van der Waals surface area contributed by atoms with Gasteiger partial charge in [-0.05, 0) is 35.4 Å². The molecule has 168 valence electrons. The van der Waals surface area contributed by atoms with Crippen molar-refractivity contribution in [2.45, 2.75) is 12.6 Å². The predicted octanol–water partition coefficient (Wildman–Crippen LogP) is 4.06. The third kappa shape index (κ3) is 5.78. The van der Waals surface area contributed by atoms with Crippen molar-refractivity contribution in [3.05, 3.63) is 95.6 Å². The fourth-order valence-corrected chi connectivity index (χ4v) is 4.20. The molecule has 0 bridgehead atoms. The summed E-state index contributed by atoms with van der Waals surface area (Å²) >= 11 is 0. The van der Waals surface area contributed by atoms with E-state index in [1.165, 1.54) is 5.56 Å². The van der Waals surface area contributed by atoms with Crippen molar-refractivity contribution in [3.8, 4) is 11.8 Å². The highest BCUT2D eigenvalue weighted by atomic mass is 16.5. The van der Waals surface area contributed by atoms with Gasteiger partial charge in [0.15, 0.2) is 0 Å². The summed E-state index contributed by atoms with van der Waals surface area (Å²) in [6, 6.07) is 26.9. The number of methoxy groups -OCH3 is 1. The molecule has 6 heteroatoms. The summed E-state index contributed by atoms with van der Waals surface area (Å²) in [4.78, 5) is 18.1. The first-order valence-corrected chi connectivity index (χ1v) is 11.1. The first-order valence-electron chi connectivity index (χ1n) is 11.1. The molecule has 4 rings (SSSR count). The number of piperazine rings is 1. The number of benzene rings is 3. The SMILES string of the molecule is COc1cccc(NC(=O)[C@@H](c2ccccc2)N2CCN(Cc3ccc(C#N)cc3)CC2)c1. The molecule has 1 aliphatic rings. The Bertz CT molecular complexity index is 1100. The molecule has 0 aliphatic carbocycles. The van der Waals surface area contributed by atoms with E-state index in [-0.39, 0.29) is 11.9 Å². The van der Waals surface area contributed by atoms with Crippen LogP contribution >= 0.6 is 0 Å². The van der Waals surface area contributed by atoms with Crippen LogP contribution in [0.5, 0.6) is 5.75 Å². The van der Waals surface area contributed by atoms with Crippen LogP contribution < -0.4 is 10.1 Å². The molecule has 0 spiro atoms. The molecule has 1 atom stereocenters. The molecule has 6 nitrogen and oxygen atoms in total. The van der Waals surface area contributed by atoms with Gasteiger partial charge in [-0.2, -0.15) is 5.26 Å². The average molecular weight is 441 g/mol. The lowest BCUT2D eigenvalue weighted by atomic mass is 10.0. The Morgan fingerprint density at radius 2 is 1.73 bits per heavy atom. The number of rotatable bonds is 7. The van der Waals surface area contributed by atoms with Crippen LogP contribution in [0.1, 0.15) is 22.7 Å². The van der Waals surface area contributed by atoms with E-state index in [1.54, 1.807) is 7.11 Å². The molecule has 0 saturated carbocycles. The Morgan fingerprint density at radius 1 is 1.00 bits per heavy atom. The maximum atomic E-state index is 13.4. The molecule has 33 heavy (non-hydrogen) atoms. The quantitative estimate of drug-likeness (QED) is 0.600. The first kappa shape index (κ1) is 22.5. The summed E-state index contributed by atoms with van der Waals surface area (Å²) in [7, 11) is 1.62. The van der Waals surface area contributed by atoms with Crippen LogP contribution in [-0.2, 0) is 11.3 Å². The van der Waals surface area contributed by atoms with Crippen LogP contribution in [0.2, 0.25) is 0 Å². The highest BCUT2D eigenvalue weighted by Gasteiger charge is 2.30. The van der Waals surface area contributed by atoms with E-state index in [0.717, 1.165) is 44.0 Å². The van der Waals surface area contributed by atoms with Crippen LogP contribution in [0.4, 0.5) is 5.69 Å². The number of hydrogen-bond donors (Lipinski definition) is 1. The largest absolute Gasteiger partial charge is 0.497 e. The summed E-state index contributed by atoms with van der Waals surface area (Å²) in [6.07, 6.45) is 0. The molecule has 3 aromatic carbocycles. The zero-order valence-electron chi connectivity index (χ0n) is 18.8. The van der Waals surface area contributed by atoms with Crippen molar-refractivity contribution < 1.29 is 9.53 Å². The van der Waals surface area contributed by atoms with Gasteiger partial charge in [0.25, 0.3) is 0 Å². The predicted molar refractivity (Wildman–Crippen MR) is 129 cm³/mol. The second-order valence-corrected chi connectivity index (χ2v) is 8.16. The Kier molecular flexibility index (Phi) is 7.36. The molecular formula is C27H28N4O2. The fraction of sp³-hybridized carbons (Fsp3) is 0.259. The van der Waals surface area contributed by atoms with Crippen LogP contribution in [0.25, 0.3) is 0 Å². The Balaban J connectivity index is 1.44. The van der Waals surface area contributed by atoms with E-state index in [2.05, 4.69) is 21.2 Å². The van der Waals surface area contributed by atoms with Crippen LogP contribution in [0.3, 0.4) is 0 Å². The van der Waals surface area contributed by atoms with E-state index in [9.17, 15) is 4.79 Å². The van der Waals surface area contributed by atoms with E-state index >= 15 is 0 Å². The zero-order valence-corrected chi connectivity index (χ0v) is 18.8. The second kappa shape index (κ2) is 10.8. The van der Waals surface area contributed by atoms with Crippen molar-refractivity contribution in [2.75, 3.05) is 38.6 Å². The van der Waals surface area contributed by atoms with E-state index in [4.69, 9.17) is 10.00 Å². The van der Waals surface area contributed by atoms with Crippen LogP contribution in [-0.4, -0.2) is 49.0 Å². The van der Waals surface area contributed by atoms with Crippen LogP contribution in [0.15, 0.2) is 78.9 Å². The number of carbonyl (C=O) groups excluding carboxylic acids is 1. The molecule has 3 aromatic rings. The highest BCUT2D eigenvalue weighted by molar-refractivity contribution is 5.95. The lowest BCUT2D eigenvalue weighted by molar-refractivity contribution is -0.122. The van der Waals surface area contributed by atoms with Crippen molar-refractivity contribution >= 4 is 11.6 Å². The minimum absolute atomic E-state index is 0.0463. The number of carbonyl (C=O) groups is 1. The minimum atomic E-state index is -0.366. The summed E-state index contributed by atoms with van der Waals surface area (Å²) in [5.41, 5.74) is 3.58. The molecular weight excluding hydrogens is 412 g/mol. The van der Waals surface area contributed by atoms with Crippen molar-refractivity contribution in [1.29, 1.82) is 5.26 Å². The molecule has 1 saturated heterocycles. The molecule has 1 fully saturated rings. The molecule has 0 aromatic heterocycles. The monoisotopic (exact) mass is 440 g/mol. The topological polar surface area (TPSA) is 68.6 Å². The van der Waals surface area contributed by atoms with E-state index in [0.29, 0.717) is 11.3 Å². The lowest BCUT2D eigenvalue weighted by Gasteiger charge is -2.38. The van der Waals surface area contributed by atoms with Gasteiger partial charge in [-0.1, -0.05) is 48.5 Å². The molecule has 0 radical (unpaired) electrons. The Labute approximate surface area is 195 Å².